The number of hydrogen-bond acceptors (Lipinski definition) is 6. The number of benzene rings is 1. The van der Waals surface area contributed by atoms with Crippen molar-refractivity contribution in [2.24, 2.45) is 0 Å². The van der Waals surface area contributed by atoms with Gasteiger partial charge in [0.25, 0.3) is 5.91 Å². The maximum Gasteiger partial charge on any atom is 0.274 e. The van der Waals surface area contributed by atoms with Crippen molar-refractivity contribution in [2.45, 2.75) is 31.1 Å². The lowest BCUT2D eigenvalue weighted by atomic mass is 9.67. The summed E-state index contributed by atoms with van der Waals surface area (Å²) in [6.07, 6.45) is 4.58. The van der Waals surface area contributed by atoms with Crippen molar-refractivity contribution in [1.82, 2.24) is 19.5 Å². The second-order valence-electron chi connectivity index (χ2n) is 8.40. The first-order valence-electron chi connectivity index (χ1n) is 10.4. The number of alkyl halides is 2. The second kappa shape index (κ2) is 7.95. The van der Waals surface area contributed by atoms with E-state index in [4.69, 9.17) is 4.52 Å². The van der Waals surface area contributed by atoms with Crippen molar-refractivity contribution in [2.75, 3.05) is 17.3 Å². The average Bonchev–Trinajstić information content (AvgIpc) is 3.42. The van der Waals surface area contributed by atoms with Crippen molar-refractivity contribution in [1.29, 1.82) is 0 Å². The Morgan fingerprint density at radius 1 is 1.27 bits per heavy atom. The number of anilines is 1. The van der Waals surface area contributed by atoms with E-state index in [0.717, 1.165) is 5.56 Å². The van der Waals surface area contributed by atoms with Crippen LogP contribution in [0.15, 0.2) is 53.3 Å². The molecule has 1 saturated carbocycles. The van der Waals surface area contributed by atoms with Gasteiger partial charge in [-0.2, -0.15) is 16.7 Å². The predicted molar refractivity (Wildman–Crippen MR) is 122 cm³/mol. The fraction of sp³-hybridized carbons (Fsp3) is 0.304. The summed E-state index contributed by atoms with van der Waals surface area (Å²) < 4.78 is 34.5. The molecule has 1 N–H and O–H groups in total. The van der Waals surface area contributed by atoms with Gasteiger partial charge in [-0.15, -0.1) is 0 Å². The van der Waals surface area contributed by atoms with Gasteiger partial charge in [0.2, 0.25) is 17.6 Å². The molecule has 170 valence electrons. The molecule has 0 unspecified atom stereocenters. The second-order valence-corrected chi connectivity index (χ2v) is 9.27. The Bertz CT molecular complexity index is 1340. The first-order chi connectivity index (χ1) is 15.8. The van der Waals surface area contributed by atoms with Gasteiger partial charge in [-0.25, -0.2) is 13.8 Å². The number of aryl methyl sites for hydroxylation is 1. The SMILES string of the molecule is CSCC1(c2nc(-c3ccc(C)c(NC(=O)c4cnc5ccccn45)c3)no2)CC(F)(F)C1. The van der Waals surface area contributed by atoms with Gasteiger partial charge in [0.1, 0.15) is 11.3 Å². The first kappa shape index (κ1) is 21.6. The van der Waals surface area contributed by atoms with Gasteiger partial charge >= 0.3 is 0 Å². The van der Waals surface area contributed by atoms with E-state index in [-0.39, 0.29) is 24.6 Å². The number of halogens is 2. The first-order valence-corrected chi connectivity index (χ1v) is 11.8. The van der Waals surface area contributed by atoms with Crippen LogP contribution in [0, 0.1) is 6.92 Å². The number of pyridine rings is 1. The van der Waals surface area contributed by atoms with Crippen molar-refractivity contribution < 1.29 is 18.1 Å². The smallest absolute Gasteiger partial charge is 0.274 e. The Morgan fingerprint density at radius 3 is 2.85 bits per heavy atom. The lowest BCUT2D eigenvalue weighted by molar-refractivity contribution is -0.127. The summed E-state index contributed by atoms with van der Waals surface area (Å²) in [7, 11) is 0. The zero-order valence-corrected chi connectivity index (χ0v) is 18.8. The molecule has 0 radical (unpaired) electrons. The Balaban J connectivity index is 1.41. The molecule has 1 aromatic carbocycles. The average molecular weight is 470 g/mol. The fourth-order valence-corrected chi connectivity index (χ4v) is 5.15. The maximum absolute atomic E-state index is 13.7. The predicted octanol–water partition coefficient (Wildman–Crippen LogP) is 4.97. The Morgan fingerprint density at radius 2 is 2.09 bits per heavy atom. The minimum Gasteiger partial charge on any atom is -0.338 e. The Labute approximate surface area is 192 Å². The normalized spacial score (nSPS) is 16.5. The maximum atomic E-state index is 13.7. The molecule has 7 nitrogen and oxygen atoms in total. The summed E-state index contributed by atoms with van der Waals surface area (Å²) in [5, 5.41) is 6.95. The molecule has 0 bridgehead atoms. The number of hydrogen-bond donors (Lipinski definition) is 1. The highest BCUT2D eigenvalue weighted by Crippen LogP contribution is 2.54. The van der Waals surface area contributed by atoms with Gasteiger partial charge in [-0.1, -0.05) is 23.4 Å². The Kier molecular flexibility index (Phi) is 5.19. The number of fused-ring (bicyclic) bond motifs is 1. The van der Waals surface area contributed by atoms with Crippen LogP contribution >= 0.6 is 11.8 Å². The number of nitrogens with zero attached hydrogens (tertiary/aromatic N) is 4. The van der Waals surface area contributed by atoms with Gasteiger partial charge in [0, 0.05) is 36.0 Å². The van der Waals surface area contributed by atoms with E-state index in [0.29, 0.717) is 34.2 Å². The van der Waals surface area contributed by atoms with Crippen LogP contribution in [0.3, 0.4) is 0 Å². The third kappa shape index (κ3) is 3.88. The molecule has 5 rings (SSSR count). The van der Waals surface area contributed by atoms with Crippen molar-refractivity contribution >= 4 is 29.0 Å². The summed E-state index contributed by atoms with van der Waals surface area (Å²) in [6, 6.07) is 10.9. The topological polar surface area (TPSA) is 85.3 Å². The zero-order valence-electron chi connectivity index (χ0n) is 18.0. The minimum atomic E-state index is -2.70. The van der Waals surface area contributed by atoms with Crippen LogP contribution in [0.25, 0.3) is 17.0 Å². The lowest BCUT2D eigenvalue weighted by Gasteiger charge is -2.44. The van der Waals surface area contributed by atoms with Gasteiger partial charge in [-0.05, 0) is 36.9 Å². The number of thioether (sulfide) groups is 1. The molecule has 4 aromatic rings. The molecule has 1 aliphatic rings. The summed E-state index contributed by atoms with van der Waals surface area (Å²) in [5.41, 5.74) is 2.33. The minimum absolute atomic E-state index is 0.231. The van der Waals surface area contributed by atoms with Crippen LogP contribution in [0.1, 0.15) is 34.8 Å². The molecule has 0 spiro atoms. The van der Waals surface area contributed by atoms with Gasteiger partial charge in [0.15, 0.2) is 0 Å². The molecule has 1 aliphatic carbocycles. The third-order valence-electron chi connectivity index (χ3n) is 5.89. The highest BCUT2D eigenvalue weighted by atomic mass is 32.2. The van der Waals surface area contributed by atoms with Crippen LogP contribution in [-0.4, -0.2) is 43.4 Å². The molecular formula is C23H21F2N5O2S. The van der Waals surface area contributed by atoms with E-state index in [9.17, 15) is 13.6 Å². The summed E-state index contributed by atoms with van der Waals surface area (Å²) in [6.45, 7) is 1.87. The Hall–Kier alpha value is -3.27. The number of nitrogens with one attached hydrogen (secondary N) is 1. The quantitative estimate of drug-likeness (QED) is 0.429. The monoisotopic (exact) mass is 469 g/mol. The fourth-order valence-electron chi connectivity index (χ4n) is 4.27. The highest BCUT2D eigenvalue weighted by Gasteiger charge is 2.60. The highest BCUT2D eigenvalue weighted by molar-refractivity contribution is 7.98. The van der Waals surface area contributed by atoms with E-state index in [2.05, 4.69) is 20.4 Å². The molecule has 1 fully saturated rings. The molecule has 3 aromatic heterocycles. The van der Waals surface area contributed by atoms with Crippen LogP contribution < -0.4 is 5.32 Å². The molecule has 0 atom stereocenters. The molecule has 0 aliphatic heterocycles. The largest absolute Gasteiger partial charge is 0.338 e. The van der Waals surface area contributed by atoms with Crippen LogP contribution in [0.5, 0.6) is 0 Å². The molecule has 3 heterocycles. The number of amides is 1. The van der Waals surface area contributed by atoms with Crippen LogP contribution in [-0.2, 0) is 5.41 Å². The molecule has 10 heteroatoms. The van der Waals surface area contributed by atoms with Crippen molar-refractivity contribution in [3.8, 4) is 11.4 Å². The molecule has 33 heavy (non-hydrogen) atoms. The number of aromatic nitrogens is 4. The van der Waals surface area contributed by atoms with Crippen LogP contribution in [0.2, 0.25) is 0 Å². The van der Waals surface area contributed by atoms with E-state index < -0.39 is 11.3 Å². The molecular weight excluding hydrogens is 448 g/mol. The van der Waals surface area contributed by atoms with E-state index >= 15 is 0 Å². The summed E-state index contributed by atoms with van der Waals surface area (Å²) >= 11 is 1.48. The van der Waals surface area contributed by atoms with Crippen LogP contribution in [0.4, 0.5) is 14.5 Å². The standard InChI is InChI=1S/C23H21F2N5O2S/c1-14-6-7-15(19-28-21(32-29-19)22(13-33-2)11-23(24,25)12-22)9-16(14)27-20(31)17-10-26-18-5-3-4-8-30(17)18/h3-10H,11-13H2,1-2H3,(H,27,31). The third-order valence-corrected chi connectivity index (χ3v) is 6.73. The zero-order chi connectivity index (χ0) is 23.2. The van der Waals surface area contributed by atoms with Crippen molar-refractivity contribution in [3.63, 3.8) is 0 Å². The van der Waals surface area contributed by atoms with E-state index in [1.54, 1.807) is 16.7 Å². The molecule has 1 amide bonds. The number of rotatable bonds is 6. The number of carbonyl (C=O) groups is 1. The van der Waals surface area contributed by atoms with Gasteiger partial charge in [-0.3, -0.25) is 9.20 Å². The molecule has 0 saturated heterocycles. The lowest BCUT2D eigenvalue weighted by Crippen LogP contribution is -2.51. The number of imidazole rings is 1. The van der Waals surface area contributed by atoms with E-state index in [1.807, 2.05) is 43.5 Å². The summed E-state index contributed by atoms with van der Waals surface area (Å²) in [4.78, 5) is 21.6. The number of carbonyl (C=O) groups excluding carboxylic acids is 1. The van der Waals surface area contributed by atoms with Crippen molar-refractivity contribution in [3.05, 3.63) is 65.9 Å². The van der Waals surface area contributed by atoms with E-state index in [1.165, 1.54) is 18.0 Å². The summed E-state index contributed by atoms with van der Waals surface area (Å²) in [5.74, 6) is -2.00. The van der Waals surface area contributed by atoms with Gasteiger partial charge in [0.05, 0.1) is 11.6 Å². The van der Waals surface area contributed by atoms with Gasteiger partial charge < -0.3 is 9.84 Å².